The third-order valence-corrected chi connectivity index (χ3v) is 3.03. The number of carboxylic acid groups (broad SMARTS) is 1. The molecule has 1 aromatic carbocycles. The highest BCUT2D eigenvalue weighted by Gasteiger charge is 2.19. The van der Waals surface area contributed by atoms with Gasteiger partial charge >= 0.3 is 5.97 Å². The summed E-state index contributed by atoms with van der Waals surface area (Å²) in [5.41, 5.74) is 1.09. The molecule has 0 aromatic heterocycles. The minimum absolute atomic E-state index is 0.0105. The third kappa shape index (κ3) is 4.41. The van der Waals surface area contributed by atoms with Crippen molar-refractivity contribution < 1.29 is 14.6 Å². The van der Waals surface area contributed by atoms with Gasteiger partial charge in [0.05, 0.1) is 13.7 Å². The Balaban J connectivity index is 2.93. The molecule has 0 amide bonds. The minimum Gasteiger partial charge on any atom is -0.497 e. The van der Waals surface area contributed by atoms with Crippen LogP contribution in [0.3, 0.4) is 0 Å². The van der Waals surface area contributed by atoms with Crippen LogP contribution in [0.1, 0.15) is 24.9 Å². The molecule has 0 radical (unpaired) electrons. The maximum Gasteiger partial charge on any atom is 0.317 e. The fraction of sp³-hybridized carbons (Fsp3) is 0.400. The molecule has 0 fully saturated rings. The van der Waals surface area contributed by atoms with E-state index in [0.717, 1.165) is 17.7 Å². The van der Waals surface area contributed by atoms with Crippen LogP contribution in [0, 0.1) is 0 Å². The van der Waals surface area contributed by atoms with Gasteiger partial charge < -0.3 is 9.84 Å². The van der Waals surface area contributed by atoms with E-state index >= 15 is 0 Å². The molecule has 19 heavy (non-hydrogen) atoms. The first-order valence-electron chi connectivity index (χ1n) is 6.33. The number of hydrogen-bond acceptors (Lipinski definition) is 3. The number of aliphatic carboxylic acids is 1. The zero-order valence-corrected chi connectivity index (χ0v) is 11.5. The Hall–Kier alpha value is -1.81. The molecule has 4 heteroatoms. The molecule has 1 rings (SSSR count). The van der Waals surface area contributed by atoms with Crippen molar-refractivity contribution in [2.75, 3.05) is 20.2 Å². The summed E-state index contributed by atoms with van der Waals surface area (Å²) in [6.07, 6.45) is 2.57. The molecule has 0 spiro atoms. The molecular formula is C15H21NO3. The smallest absolute Gasteiger partial charge is 0.317 e. The molecule has 1 unspecified atom stereocenters. The number of benzene rings is 1. The largest absolute Gasteiger partial charge is 0.497 e. The Bertz CT molecular complexity index is 414. The topological polar surface area (TPSA) is 49.8 Å². The second-order valence-electron chi connectivity index (χ2n) is 4.31. The molecule has 0 aliphatic carbocycles. The summed E-state index contributed by atoms with van der Waals surface area (Å²) in [5, 5.41) is 8.99. The zero-order valence-electron chi connectivity index (χ0n) is 11.5. The number of carbonyl (C=O) groups is 1. The van der Waals surface area contributed by atoms with E-state index in [1.165, 1.54) is 0 Å². The summed E-state index contributed by atoms with van der Waals surface area (Å²) in [6.45, 7) is 6.30. The lowest BCUT2D eigenvalue weighted by atomic mass is 10.0. The molecule has 0 heterocycles. The van der Waals surface area contributed by atoms with Gasteiger partial charge in [0, 0.05) is 12.6 Å². The molecule has 104 valence electrons. The quantitative estimate of drug-likeness (QED) is 0.733. The summed E-state index contributed by atoms with van der Waals surface area (Å²) in [5.74, 6) is -0.0269. The lowest BCUT2D eigenvalue weighted by Crippen LogP contribution is -2.33. The van der Waals surface area contributed by atoms with Crippen LogP contribution < -0.4 is 4.74 Å². The Morgan fingerprint density at radius 1 is 1.47 bits per heavy atom. The van der Waals surface area contributed by atoms with E-state index in [1.807, 2.05) is 36.1 Å². The Labute approximate surface area is 114 Å². The normalized spacial score (nSPS) is 12.2. The number of carboxylic acids is 1. The Kier molecular flexibility index (Phi) is 6.09. The van der Waals surface area contributed by atoms with Crippen molar-refractivity contribution in [3.63, 3.8) is 0 Å². The van der Waals surface area contributed by atoms with E-state index in [4.69, 9.17) is 9.84 Å². The monoisotopic (exact) mass is 263 g/mol. The molecule has 0 aliphatic heterocycles. The van der Waals surface area contributed by atoms with Crippen LogP contribution in [-0.4, -0.2) is 36.2 Å². The maximum atomic E-state index is 10.9. The van der Waals surface area contributed by atoms with Gasteiger partial charge in [0.15, 0.2) is 0 Å². The van der Waals surface area contributed by atoms with Gasteiger partial charge in [-0.05, 0) is 24.1 Å². The Morgan fingerprint density at radius 2 is 2.11 bits per heavy atom. The summed E-state index contributed by atoms with van der Waals surface area (Å²) in [7, 11) is 1.63. The van der Waals surface area contributed by atoms with Gasteiger partial charge in [-0.3, -0.25) is 9.69 Å². The second-order valence-corrected chi connectivity index (χ2v) is 4.31. The Morgan fingerprint density at radius 3 is 2.53 bits per heavy atom. The molecule has 4 nitrogen and oxygen atoms in total. The highest BCUT2D eigenvalue weighted by atomic mass is 16.5. The van der Waals surface area contributed by atoms with Crippen molar-refractivity contribution in [3.05, 3.63) is 42.5 Å². The van der Waals surface area contributed by atoms with Crippen molar-refractivity contribution in [3.8, 4) is 5.75 Å². The molecule has 0 aliphatic rings. The number of nitrogens with zero attached hydrogens (tertiary/aromatic N) is 1. The van der Waals surface area contributed by atoms with E-state index in [2.05, 4.69) is 6.58 Å². The van der Waals surface area contributed by atoms with Crippen molar-refractivity contribution in [1.82, 2.24) is 4.90 Å². The second kappa shape index (κ2) is 7.59. The van der Waals surface area contributed by atoms with Crippen LogP contribution in [0.5, 0.6) is 5.75 Å². The summed E-state index contributed by atoms with van der Waals surface area (Å²) < 4.78 is 5.13. The average Bonchev–Trinajstić information content (AvgIpc) is 2.40. The van der Waals surface area contributed by atoms with E-state index in [0.29, 0.717) is 6.54 Å². The SMILES string of the molecule is C=CCN(CC(=O)O)C(CC)c1ccc(OC)cc1. The lowest BCUT2D eigenvalue weighted by Gasteiger charge is -2.29. The predicted molar refractivity (Wildman–Crippen MR) is 75.4 cm³/mol. The van der Waals surface area contributed by atoms with Crippen LogP contribution in [0.4, 0.5) is 0 Å². The molecule has 0 saturated heterocycles. The van der Waals surface area contributed by atoms with E-state index in [9.17, 15) is 4.79 Å². The minimum atomic E-state index is -0.825. The average molecular weight is 263 g/mol. The molecule has 1 aromatic rings. The first-order chi connectivity index (χ1) is 9.12. The summed E-state index contributed by atoms with van der Waals surface area (Å²) >= 11 is 0. The van der Waals surface area contributed by atoms with Crippen molar-refractivity contribution in [2.45, 2.75) is 19.4 Å². The molecule has 1 atom stereocenters. The molecular weight excluding hydrogens is 242 g/mol. The van der Waals surface area contributed by atoms with Crippen LogP contribution in [0.2, 0.25) is 0 Å². The van der Waals surface area contributed by atoms with Crippen molar-refractivity contribution >= 4 is 5.97 Å². The van der Waals surface area contributed by atoms with Gasteiger partial charge in [-0.25, -0.2) is 0 Å². The predicted octanol–water partition coefficient (Wildman–Crippen LogP) is 2.72. The van der Waals surface area contributed by atoms with Crippen LogP contribution in [0.25, 0.3) is 0 Å². The van der Waals surface area contributed by atoms with Gasteiger partial charge in [0.1, 0.15) is 5.75 Å². The zero-order chi connectivity index (χ0) is 14.3. The number of rotatable bonds is 8. The van der Waals surface area contributed by atoms with Gasteiger partial charge in [-0.15, -0.1) is 6.58 Å². The van der Waals surface area contributed by atoms with Gasteiger partial charge in [-0.2, -0.15) is 0 Å². The van der Waals surface area contributed by atoms with Gasteiger partial charge in [-0.1, -0.05) is 25.1 Å². The third-order valence-electron chi connectivity index (χ3n) is 3.03. The molecule has 1 N–H and O–H groups in total. The number of methoxy groups -OCH3 is 1. The summed E-state index contributed by atoms with van der Waals surface area (Å²) in [4.78, 5) is 12.8. The molecule has 0 bridgehead atoms. The van der Waals surface area contributed by atoms with Crippen molar-refractivity contribution in [1.29, 1.82) is 0 Å². The number of hydrogen-bond donors (Lipinski definition) is 1. The maximum absolute atomic E-state index is 10.9. The first kappa shape index (κ1) is 15.2. The van der Waals surface area contributed by atoms with Crippen molar-refractivity contribution in [2.24, 2.45) is 0 Å². The lowest BCUT2D eigenvalue weighted by molar-refractivity contribution is -0.138. The summed E-state index contributed by atoms with van der Waals surface area (Å²) in [6, 6.07) is 7.81. The standard InChI is InChI=1S/C15H21NO3/c1-4-10-16(11-15(17)18)14(5-2)12-6-8-13(19-3)9-7-12/h4,6-9,14H,1,5,10-11H2,2-3H3,(H,17,18). The van der Waals surface area contributed by atoms with E-state index in [1.54, 1.807) is 13.2 Å². The fourth-order valence-corrected chi connectivity index (χ4v) is 2.17. The first-order valence-corrected chi connectivity index (χ1v) is 6.33. The van der Waals surface area contributed by atoms with E-state index in [-0.39, 0.29) is 12.6 Å². The number of ether oxygens (including phenoxy) is 1. The van der Waals surface area contributed by atoms with Crippen LogP contribution >= 0.6 is 0 Å². The van der Waals surface area contributed by atoms with Crippen LogP contribution in [0.15, 0.2) is 36.9 Å². The fourth-order valence-electron chi connectivity index (χ4n) is 2.17. The van der Waals surface area contributed by atoms with Gasteiger partial charge in [0.25, 0.3) is 0 Å². The van der Waals surface area contributed by atoms with E-state index < -0.39 is 5.97 Å². The highest BCUT2D eigenvalue weighted by molar-refractivity contribution is 5.69. The van der Waals surface area contributed by atoms with Gasteiger partial charge in [0.2, 0.25) is 0 Å². The van der Waals surface area contributed by atoms with Crippen LogP contribution in [-0.2, 0) is 4.79 Å². The molecule has 0 saturated carbocycles. The highest BCUT2D eigenvalue weighted by Crippen LogP contribution is 2.25.